The Hall–Kier alpha value is -1.16. The molecule has 0 saturated heterocycles. The summed E-state index contributed by atoms with van der Waals surface area (Å²) in [7, 11) is 0. The SMILES string of the molecule is Cc1cc(=O)n(CCNCC2CCCCC2)cn1. The molecule has 0 aromatic carbocycles. The van der Waals surface area contributed by atoms with Crippen molar-refractivity contribution in [1.82, 2.24) is 14.9 Å². The maximum Gasteiger partial charge on any atom is 0.253 e. The maximum atomic E-state index is 11.6. The Morgan fingerprint density at radius 3 is 2.89 bits per heavy atom. The van der Waals surface area contributed by atoms with Crippen LogP contribution >= 0.6 is 0 Å². The molecule has 4 nitrogen and oxygen atoms in total. The molecule has 0 unspecified atom stereocenters. The normalized spacial score (nSPS) is 16.9. The van der Waals surface area contributed by atoms with Gasteiger partial charge in [0.25, 0.3) is 5.56 Å². The molecule has 1 aliphatic carbocycles. The molecular weight excluding hydrogens is 226 g/mol. The third-order valence-corrected chi connectivity index (χ3v) is 3.70. The first-order valence-corrected chi connectivity index (χ1v) is 6.99. The van der Waals surface area contributed by atoms with Gasteiger partial charge >= 0.3 is 0 Å². The molecule has 1 heterocycles. The van der Waals surface area contributed by atoms with E-state index in [2.05, 4.69) is 10.3 Å². The summed E-state index contributed by atoms with van der Waals surface area (Å²) in [4.78, 5) is 15.8. The van der Waals surface area contributed by atoms with Crippen LogP contribution in [0.3, 0.4) is 0 Å². The Bertz CT molecular complexity index is 421. The minimum Gasteiger partial charge on any atom is -0.315 e. The summed E-state index contributed by atoms with van der Waals surface area (Å²) in [5, 5.41) is 3.46. The second-order valence-electron chi connectivity index (χ2n) is 5.27. The Labute approximate surface area is 108 Å². The van der Waals surface area contributed by atoms with Crippen molar-refractivity contribution < 1.29 is 0 Å². The molecular formula is C14H23N3O. The monoisotopic (exact) mass is 249 g/mol. The number of aromatic nitrogens is 2. The van der Waals surface area contributed by atoms with Crippen LogP contribution < -0.4 is 10.9 Å². The van der Waals surface area contributed by atoms with Crippen molar-refractivity contribution in [2.24, 2.45) is 5.92 Å². The summed E-state index contributed by atoms with van der Waals surface area (Å²) >= 11 is 0. The smallest absolute Gasteiger partial charge is 0.253 e. The van der Waals surface area contributed by atoms with Crippen molar-refractivity contribution in [2.45, 2.75) is 45.6 Å². The highest BCUT2D eigenvalue weighted by molar-refractivity contribution is 4.95. The zero-order chi connectivity index (χ0) is 12.8. The van der Waals surface area contributed by atoms with Gasteiger partial charge in [0, 0.05) is 24.8 Å². The van der Waals surface area contributed by atoms with Gasteiger partial charge in [-0.2, -0.15) is 0 Å². The van der Waals surface area contributed by atoms with Crippen molar-refractivity contribution in [3.63, 3.8) is 0 Å². The van der Waals surface area contributed by atoms with E-state index in [0.717, 1.165) is 24.7 Å². The van der Waals surface area contributed by atoms with Crippen LogP contribution in [0.1, 0.15) is 37.8 Å². The van der Waals surface area contributed by atoms with Gasteiger partial charge < -0.3 is 5.32 Å². The first kappa shape index (κ1) is 13.3. The van der Waals surface area contributed by atoms with E-state index in [1.165, 1.54) is 32.1 Å². The first-order valence-electron chi connectivity index (χ1n) is 6.99. The fourth-order valence-corrected chi connectivity index (χ4v) is 2.58. The fourth-order valence-electron chi connectivity index (χ4n) is 2.58. The largest absolute Gasteiger partial charge is 0.315 e. The lowest BCUT2D eigenvalue weighted by Gasteiger charge is -2.21. The lowest BCUT2D eigenvalue weighted by Crippen LogP contribution is -2.30. The molecule has 0 atom stereocenters. The van der Waals surface area contributed by atoms with Crippen LogP contribution in [0.2, 0.25) is 0 Å². The Morgan fingerprint density at radius 1 is 1.39 bits per heavy atom. The van der Waals surface area contributed by atoms with E-state index in [4.69, 9.17) is 0 Å². The van der Waals surface area contributed by atoms with E-state index >= 15 is 0 Å². The number of hydrogen-bond acceptors (Lipinski definition) is 3. The maximum absolute atomic E-state index is 11.6. The highest BCUT2D eigenvalue weighted by Gasteiger charge is 2.12. The van der Waals surface area contributed by atoms with Crippen LogP contribution in [0.15, 0.2) is 17.2 Å². The zero-order valence-corrected chi connectivity index (χ0v) is 11.2. The Balaban J connectivity index is 1.70. The van der Waals surface area contributed by atoms with Crippen LogP contribution in [-0.4, -0.2) is 22.6 Å². The van der Waals surface area contributed by atoms with E-state index in [1.807, 2.05) is 6.92 Å². The second kappa shape index (κ2) is 6.69. The predicted molar refractivity (Wildman–Crippen MR) is 72.7 cm³/mol. The average Bonchev–Trinajstić information content (AvgIpc) is 2.38. The molecule has 0 radical (unpaired) electrons. The predicted octanol–water partition coefficient (Wildman–Crippen LogP) is 1.72. The van der Waals surface area contributed by atoms with Gasteiger partial charge in [-0.25, -0.2) is 4.98 Å². The summed E-state index contributed by atoms with van der Waals surface area (Å²) in [5.41, 5.74) is 0.827. The van der Waals surface area contributed by atoms with Crippen LogP contribution in [0.4, 0.5) is 0 Å². The van der Waals surface area contributed by atoms with Gasteiger partial charge in [0.15, 0.2) is 0 Å². The van der Waals surface area contributed by atoms with E-state index < -0.39 is 0 Å². The molecule has 1 N–H and O–H groups in total. The van der Waals surface area contributed by atoms with Gasteiger partial charge in [0.2, 0.25) is 0 Å². The zero-order valence-electron chi connectivity index (χ0n) is 11.2. The average molecular weight is 249 g/mol. The van der Waals surface area contributed by atoms with Gasteiger partial charge in [0.05, 0.1) is 6.33 Å². The van der Waals surface area contributed by atoms with Crippen molar-refractivity contribution >= 4 is 0 Å². The third-order valence-electron chi connectivity index (χ3n) is 3.70. The summed E-state index contributed by atoms with van der Waals surface area (Å²) in [6.45, 7) is 4.49. The summed E-state index contributed by atoms with van der Waals surface area (Å²) < 4.78 is 1.67. The van der Waals surface area contributed by atoms with Gasteiger partial charge in [-0.3, -0.25) is 9.36 Å². The molecule has 100 valence electrons. The number of hydrogen-bond donors (Lipinski definition) is 1. The van der Waals surface area contributed by atoms with Crippen LogP contribution in [0, 0.1) is 12.8 Å². The number of nitrogens with zero attached hydrogens (tertiary/aromatic N) is 2. The number of nitrogens with one attached hydrogen (secondary N) is 1. The van der Waals surface area contributed by atoms with Gasteiger partial charge in [0.1, 0.15) is 0 Å². The summed E-state index contributed by atoms with van der Waals surface area (Å²) in [6, 6.07) is 1.58. The Morgan fingerprint density at radius 2 is 2.17 bits per heavy atom. The quantitative estimate of drug-likeness (QED) is 0.808. The molecule has 4 heteroatoms. The third kappa shape index (κ3) is 3.95. The molecule has 1 aromatic rings. The van der Waals surface area contributed by atoms with Crippen molar-refractivity contribution in [3.8, 4) is 0 Å². The molecule has 1 aliphatic rings. The van der Waals surface area contributed by atoms with E-state index in [1.54, 1.807) is 17.0 Å². The summed E-state index contributed by atoms with van der Waals surface area (Å²) in [6.07, 6.45) is 8.53. The van der Waals surface area contributed by atoms with Crippen LogP contribution in [0.25, 0.3) is 0 Å². The molecule has 1 saturated carbocycles. The number of aryl methyl sites for hydroxylation is 1. The molecule has 1 fully saturated rings. The minimum absolute atomic E-state index is 0.0435. The van der Waals surface area contributed by atoms with E-state index in [0.29, 0.717) is 6.54 Å². The molecule has 0 spiro atoms. The molecule has 2 rings (SSSR count). The topological polar surface area (TPSA) is 46.9 Å². The summed E-state index contributed by atoms with van der Waals surface area (Å²) in [5.74, 6) is 0.839. The lowest BCUT2D eigenvalue weighted by atomic mass is 9.89. The molecule has 0 amide bonds. The lowest BCUT2D eigenvalue weighted by molar-refractivity contribution is 0.340. The Kier molecular flexibility index (Phi) is 4.93. The fraction of sp³-hybridized carbons (Fsp3) is 0.714. The van der Waals surface area contributed by atoms with Crippen molar-refractivity contribution in [1.29, 1.82) is 0 Å². The first-order chi connectivity index (χ1) is 8.75. The van der Waals surface area contributed by atoms with Crippen molar-refractivity contribution in [2.75, 3.05) is 13.1 Å². The second-order valence-corrected chi connectivity index (χ2v) is 5.27. The molecule has 1 aromatic heterocycles. The molecule has 18 heavy (non-hydrogen) atoms. The van der Waals surface area contributed by atoms with E-state index in [9.17, 15) is 4.79 Å². The number of rotatable bonds is 5. The van der Waals surface area contributed by atoms with Gasteiger partial charge in [-0.1, -0.05) is 19.3 Å². The van der Waals surface area contributed by atoms with Crippen LogP contribution in [-0.2, 0) is 6.54 Å². The van der Waals surface area contributed by atoms with E-state index in [-0.39, 0.29) is 5.56 Å². The van der Waals surface area contributed by atoms with Gasteiger partial charge in [-0.15, -0.1) is 0 Å². The van der Waals surface area contributed by atoms with Crippen molar-refractivity contribution in [3.05, 3.63) is 28.4 Å². The highest BCUT2D eigenvalue weighted by Crippen LogP contribution is 2.22. The standard InChI is InChI=1S/C14H23N3O/c1-12-9-14(18)17(11-16-12)8-7-15-10-13-5-3-2-4-6-13/h9,11,13,15H,2-8,10H2,1H3. The van der Waals surface area contributed by atoms with Crippen LogP contribution in [0.5, 0.6) is 0 Å². The molecule has 0 aliphatic heterocycles. The van der Waals surface area contributed by atoms with Gasteiger partial charge in [-0.05, 0) is 32.2 Å². The molecule has 0 bridgehead atoms. The highest BCUT2D eigenvalue weighted by atomic mass is 16.1. The minimum atomic E-state index is 0.0435.